The van der Waals surface area contributed by atoms with Crippen LogP contribution in [0.1, 0.15) is 39.5 Å². The van der Waals surface area contributed by atoms with Crippen LogP contribution in [0.3, 0.4) is 0 Å². The summed E-state index contributed by atoms with van der Waals surface area (Å²) in [7, 11) is 0. The Morgan fingerprint density at radius 3 is 2.58 bits per heavy atom. The van der Waals surface area contributed by atoms with Crippen molar-refractivity contribution in [2.45, 2.75) is 56.9 Å². The van der Waals surface area contributed by atoms with E-state index in [9.17, 15) is 9.59 Å². The minimum atomic E-state index is -0.958. The molecule has 2 N–H and O–H groups in total. The zero-order valence-corrected chi connectivity index (χ0v) is 12.4. The van der Waals surface area contributed by atoms with Crippen molar-refractivity contribution in [3.05, 3.63) is 0 Å². The number of thioether (sulfide) groups is 1. The van der Waals surface area contributed by atoms with Crippen molar-refractivity contribution in [3.63, 3.8) is 0 Å². The second-order valence-electron chi connectivity index (χ2n) is 4.77. The first-order valence-electron chi connectivity index (χ1n) is 6.81. The number of ether oxygens (including phenoxy) is 1. The van der Waals surface area contributed by atoms with Gasteiger partial charge in [-0.15, -0.1) is 0 Å². The van der Waals surface area contributed by atoms with Crippen LogP contribution in [0.2, 0.25) is 0 Å². The van der Waals surface area contributed by atoms with Crippen molar-refractivity contribution in [1.29, 1.82) is 0 Å². The summed E-state index contributed by atoms with van der Waals surface area (Å²) < 4.78 is 4.99. The van der Waals surface area contributed by atoms with E-state index in [1.54, 1.807) is 18.7 Å². The van der Waals surface area contributed by atoms with Gasteiger partial charge in [0.2, 0.25) is 0 Å². The lowest BCUT2D eigenvalue weighted by Crippen LogP contribution is -2.48. The fourth-order valence-electron chi connectivity index (χ4n) is 2.09. The number of rotatable bonds is 8. The predicted octanol–water partition coefficient (Wildman–Crippen LogP) is 1.66. The second-order valence-corrected chi connectivity index (χ2v) is 6.10. The maximum Gasteiger partial charge on any atom is 0.324 e. The first-order valence-corrected chi connectivity index (χ1v) is 7.86. The molecule has 0 aromatic rings. The van der Waals surface area contributed by atoms with Crippen LogP contribution in [0, 0.1) is 0 Å². The third kappa shape index (κ3) is 5.82. The van der Waals surface area contributed by atoms with Gasteiger partial charge in [-0.2, -0.15) is 11.8 Å². The molecule has 0 unspecified atom stereocenters. The Kier molecular flexibility index (Phi) is 7.23. The van der Waals surface area contributed by atoms with Gasteiger partial charge in [-0.05, 0) is 26.7 Å². The van der Waals surface area contributed by atoms with Gasteiger partial charge in [-0.1, -0.05) is 12.8 Å². The molecule has 5 nitrogen and oxygen atoms in total. The molecule has 2 atom stereocenters. The SMILES string of the molecule is CCOC(=O)[C@H](CSC1CCCC1)N[C@@H](C)C(=O)O. The molecule has 1 saturated carbocycles. The maximum atomic E-state index is 11.8. The zero-order valence-electron chi connectivity index (χ0n) is 11.6. The van der Waals surface area contributed by atoms with E-state index in [0.717, 1.165) is 0 Å². The summed E-state index contributed by atoms with van der Waals surface area (Å²) in [5, 5.41) is 12.3. The monoisotopic (exact) mass is 289 g/mol. The molecule has 0 heterocycles. The van der Waals surface area contributed by atoms with Crippen molar-refractivity contribution < 1.29 is 19.4 Å². The minimum Gasteiger partial charge on any atom is -0.480 e. The summed E-state index contributed by atoms with van der Waals surface area (Å²) in [6.45, 7) is 3.60. The average Bonchev–Trinajstić information content (AvgIpc) is 2.87. The van der Waals surface area contributed by atoms with Gasteiger partial charge >= 0.3 is 11.9 Å². The van der Waals surface area contributed by atoms with Crippen molar-refractivity contribution in [2.24, 2.45) is 0 Å². The van der Waals surface area contributed by atoms with Crippen molar-refractivity contribution in [2.75, 3.05) is 12.4 Å². The summed E-state index contributed by atoms with van der Waals surface area (Å²) in [5.74, 6) is -0.748. The third-order valence-electron chi connectivity index (χ3n) is 3.19. The Balaban J connectivity index is 2.47. The fraction of sp³-hybridized carbons (Fsp3) is 0.846. The van der Waals surface area contributed by atoms with E-state index in [1.807, 2.05) is 0 Å². The molecule has 0 spiro atoms. The molecule has 19 heavy (non-hydrogen) atoms. The van der Waals surface area contributed by atoms with Crippen LogP contribution in [-0.4, -0.2) is 46.7 Å². The molecule has 0 radical (unpaired) electrons. The number of esters is 1. The molecule has 1 fully saturated rings. The van der Waals surface area contributed by atoms with Crippen LogP contribution in [0.25, 0.3) is 0 Å². The third-order valence-corrected chi connectivity index (χ3v) is 4.66. The molecular formula is C13H23NO4S. The molecule has 0 saturated heterocycles. The minimum absolute atomic E-state index is 0.312. The molecule has 1 rings (SSSR count). The summed E-state index contributed by atoms with van der Waals surface area (Å²) in [6.07, 6.45) is 4.88. The predicted molar refractivity (Wildman–Crippen MR) is 75.4 cm³/mol. The Morgan fingerprint density at radius 1 is 1.42 bits per heavy atom. The van der Waals surface area contributed by atoms with Gasteiger partial charge in [-0.3, -0.25) is 14.9 Å². The van der Waals surface area contributed by atoms with E-state index in [2.05, 4.69) is 5.32 Å². The molecule has 0 bridgehead atoms. The number of hydrogen-bond donors (Lipinski definition) is 2. The highest BCUT2D eigenvalue weighted by Crippen LogP contribution is 2.29. The Hall–Kier alpha value is -0.750. The molecule has 0 aromatic heterocycles. The van der Waals surface area contributed by atoms with Crippen LogP contribution in [0.5, 0.6) is 0 Å². The van der Waals surface area contributed by atoms with E-state index in [1.165, 1.54) is 32.6 Å². The van der Waals surface area contributed by atoms with Gasteiger partial charge in [0, 0.05) is 11.0 Å². The van der Waals surface area contributed by atoms with E-state index in [-0.39, 0.29) is 5.97 Å². The lowest BCUT2D eigenvalue weighted by Gasteiger charge is -2.20. The summed E-state index contributed by atoms with van der Waals surface area (Å²) in [6, 6.07) is -1.30. The van der Waals surface area contributed by atoms with Crippen molar-refractivity contribution >= 4 is 23.7 Å². The smallest absolute Gasteiger partial charge is 0.324 e. The summed E-state index contributed by atoms with van der Waals surface area (Å²) in [4.78, 5) is 22.7. The van der Waals surface area contributed by atoms with E-state index in [4.69, 9.17) is 9.84 Å². The van der Waals surface area contributed by atoms with Gasteiger partial charge in [-0.25, -0.2) is 0 Å². The number of carbonyl (C=O) groups is 2. The van der Waals surface area contributed by atoms with E-state index >= 15 is 0 Å². The van der Waals surface area contributed by atoms with E-state index in [0.29, 0.717) is 17.6 Å². The first-order chi connectivity index (χ1) is 9.04. The van der Waals surface area contributed by atoms with Gasteiger partial charge in [0.05, 0.1) is 6.61 Å². The Bertz CT molecular complexity index is 305. The van der Waals surface area contributed by atoms with Gasteiger partial charge < -0.3 is 9.84 Å². The average molecular weight is 289 g/mol. The molecule has 0 aliphatic heterocycles. The molecular weight excluding hydrogens is 266 g/mol. The quantitative estimate of drug-likeness (QED) is 0.662. The molecule has 1 aliphatic carbocycles. The van der Waals surface area contributed by atoms with Crippen LogP contribution >= 0.6 is 11.8 Å². The topological polar surface area (TPSA) is 75.6 Å². The highest BCUT2D eigenvalue weighted by molar-refractivity contribution is 8.00. The molecule has 110 valence electrons. The molecule has 0 aromatic carbocycles. The number of carboxylic acid groups (broad SMARTS) is 1. The highest BCUT2D eigenvalue weighted by atomic mass is 32.2. The fourth-order valence-corrected chi connectivity index (χ4v) is 3.45. The summed E-state index contributed by atoms with van der Waals surface area (Å²) in [5.41, 5.74) is 0. The van der Waals surface area contributed by atoms with Crippen LogP contribution in [0.4, 0.5) is 0 Å². The lowest BCUT2D eigenvalue weighted by atomic mass is 10.2. The maximum absolute atomic E-state index is 11.8. The highest BCUT2D eigenvalue weighted by Gasteiger charge is 2.26. The van der Waals surface area contributed by atoms with E-state index < -0.39 is 18.1 Å². The number of carbonyl (C=O) groups excluding carboxylic acids is 1. The van der Waals surface area contributed by atoms with Crippen LogP contribution < -0.4 is 5.32 Å². The summed E-state index contributed by atoms with van der Waals surface area (Å²) >= 11 is 1.74. The number of carboxylic acids is 1. The molecule has 1 aliphatic rings. The van der Waals surface area contributed by atoms with Gasteiger partial charge in [0.1, 0.15) is 12.1 Å². The van der Waals surface area contributed by atoms with Crippen LogP contribution in [0.15, 0.2) is 0 Å². The van der Waals surface area contributed by atoms with Gasteiger partial charge in [0.15, 0.2) is 0 Å². The number of nitrogens with one attached hydrogen (secondary N) is 1. The first kappa shape index (κ1) is 16.3. The van der Waals surface area contributed by atoms with Crippen molar-refractivity contribution in [1.82, 2.24) is 5.32 Å². The second kappa shape index (κ2) is 8.43. The van der Waals surface area contributed by atoms with Gasteiger partial charge in [0.25, 0.3) is 0 Å². The normalized spacial score (nSPS) is 19.1. The Morgan fingerprint density at radius 2 is 2.05 bits per heavy atom. The zero-order chi connectivity index (χ0) is 14.3. The Labute approximate surface area is 118 Å². The van der Waals surface area contributed by atoms with Crippen LogP contribution in [-0.2, 0) is 14.3 Å². The number of hydrogen-bond acceptors (Lipinski definition) is 5. The molecule has 0 amide bonds. The molecule has 6 heteroatoms. The van der Waals surface area contributed by atoms with Crippen molar-refractivity contribution in [3.8, 4) is 0 Å². The number of aliphatic carboxylic acids is 1. The largest absolute Gasteiger partial charge is 0.480 e. The lowest BCUT2D eigenvalue weighted by molar-refractivity contribution is -0.146. The standard InChI is InChI=1S/C13H23NO4S/c1-3-18-13(17)11(14-9(2)12(15)16)8-19-10-6-4-5-7-10/h9-11,14H,3-8H2,1-2H3,(H,15,16)/t9-,11-/m0/s1.